The Bertz CT molecular complexity index is 425. The van der Waals surface area contributed by atoms with Crippen LogP contribution in [0.5, 0.6) is 0 Å². The highest BCUT2D eigenvalue weighted by Gasteiger charge is 2.14. The van der Waals surface area contributed by atoms with Crippen molar-refractivity contribution in [3.05, 3.63) is 35.9 Å². The fourth-order valence-electron chi connectivity index (χ4n) is 1.77. The minimum Gasteiger partial charge on any atom is -0.330 e. The summed E-state index contributed by atoms with van der Waals surface area (Å²) < 4.78 is 0. The van der Waals surface area contributed by atoms with E-state index in [9.17, 15) is 4.79 Å². The summed E-state index contributed by atoms with van der Waals surface area (Å²) >= 11 is 0. The molecule has 0 aromatic heterocycles. The molecule has 0 bridgehead atoms. The third-order valence-electron chi connectivity index (χ3n) is 3.08. The molecule has 2 N–H and O–H groups in total. The van der Waals surface area contributed by atoms with Gasteiger partial charge in [-0.1, -0.05) is 37.3 Å². The Kier molecular flexibility index (Phi) is 6.62. The van der Waals surface area contributed by atoms with Crippen molar-refractivity contribution in [3.8, 4) is 6.07 Å². The van der Waals surface area contributed by atoms with Crippen LogP contribution in [0.25, 0.3) is 0 Å². The first-order chi connectivity index (χ1) is 9.17. The molecule has 102 valence electrons. The van der Waals surface area contributed by atoms with E-state index < -0.39 is 0 Å². The van der Waals surface area contributed by atoms with E-state index in [0.717, 1.165) is 12.0 Å². The highest BCUT2D eigenvalue weighted by molar-refractivity contribution is 5.76. The van der Waals surface area contributed by atoms with Gasteiger partial charge in [0.2, 0.25) is 5.91 Å². The molecule has 0 saturated carbocycles. The number of amides is 1. The van der Waals surface area contributed by atoms with E-state index in [1.54, 1.807) is 4.90 Å². The Morgan fingerprint density at radius 3 is 2.68 bits per heavy atom. The standard InChI is InChI=1S/C15H21N3O/c1-13(11-17)7-8-15(19)18(10-9-16)12-14-5-3-2-4-6-14/h2-6,13H,7-8,10-12,17H2,1H3. The van der Waals surface area contributed by atoms with Gasteiger partial charge in [-0.05, 0) is 24.4 Å². The molecule has 1 amide bonds. The van der Waals surface area contributed by atoms with Gasteiger partial charge in [0, 0.05) is 13.0 Å². The molecule has 0 radical (unpaired) electrons. The third kappa shape index (κ3) is 5.54. The topological polar surface area (TPSA) is 70.1 Å². The van der Waals surface area contributed by atoms with Crippen molar-refractivity contribution in [1.29, 1.82) is 5.26 Å². The van der Waals surface area contributed by atoms with Gasteiger partial charge in [-0.3, -0.25) is 4.79 Å². The lowest BCUT2D eigenvalue weighted by molar-refractivity contribution is -0.131. The Hall–Kier alpha value is -1.86. The third-order valence-corrected chi connectivity index (χ3v) is 3.08. The summed E-state index contributed by atoms with van der Waals surface area (Å²) in [6, 6.07) is 11.8. The molecule has 4 nitrogen and oxygen atoms in total. The highest BCUT2D eigenvalue weighted by Crippen LogP contribution is 2.09. The summed E-state index contributed by atoms with van der Waals surface area (Å²) in [5.74, 6) is 0.357. The van der Waals surface area contributed by atoms with Crippen LogP contribution in [-0.2, 0) is 11.3 Å². The van der Waals surface area contributed by atoms with Crippen LogP contribution in [0.1, 0.15) is 25.3 Å². The molecule has 19 heavy (non-hydrogen) atoms. The second-order valence-electron chi connectivity index (χ2n) is 4.77. The number of rotatable bonds is 7. The molecule has 1 unspecified atom stereocenters. The van der Waals surface area contributed by atoms with Crippen LogP contribution in [-0.4, -0.2) is 23.9 Å². The van der Waals surface area contributed by atoms with Gasteiger partial charge in [0.25, 0.3) is 0 Å². The van der Waals surface area contributed by atoms with Crippen molar-refractivity contribution < 1.29 is 4.79 Å². The van der Waals surface area contributed by atoms with Crippen LogP contribution in [0.15, 0.2) is 30.3 Å². The molecular weight excluding hydrogens is 238 g/mol. The zero-order chi connectivity index (χ0) is 14.1. The number of benzene rings is 1. The van der Waals surface area contributed by atoms with Crippen molar-refractivity contribution in [2.45, 2.75) is 26.3 Å². The number of hydrogen-bond acceptors (Lipinski definition) is 3. The molecule has 0 aliphatic heterocycles. The summed E-state index contributed by atoms with van der Waals surface area (Å²) in [6.45, 7) is 3.23. The van der Waals surface area contributed by atoms with Gasteiger partial charge in [-0.2, -0.15) is 5.26 Å². The van der Waals surface area contributed by atoms with E-state index in [1.807, 2.05) is 37.3 Å². The zero-order valence-corrected chi connectivity index (χ0v) is 11.4. The molecule has 1 aromatic carbocycles. The number of nitrogens with two attached hydrogens (primary N) is 1. The molecule has 0 aliphatic carbocycles. The monoisotopic (exact) mass is 259 g/mol. The molecule has 0 saturated heterocycles. The van der Waals surface area contributed by atoms with Gasteiger partial charge in [0.05, 0.1) is 6.07 Å². The van der Waals surface area contributed by atoms with Gasteiger partial charge >= 0.3 is 0 Å². The number of nitrogens with zero attached hydrogens (tertiary/aromatic N) is 2. The Morgan fingerprint density at radius 1 is 1.42 bits per heavy atom. The molecule has 0 heterocycles. The summed E-state index contributed by atoms with van der Waals surface area (Å²) in [6.07, 6.45) is 1.22. The Morgan fingerprint density at radius 2 is 2.11 bits per heavy atom. The van der Waals surface area contributed by atoms with Crippen molar-refractivity contribution in [3.63, 3.8) is 0 Å². The molecule has 1 rings (SSSR count). The molecule has 0 fully saturated rings. The predicted molar refractivity (Wildman–Crippen MR) is 74.9 cm³/mol. The molecule has 0 aliphatic rings. The van der Waals surface area contributed by atoms with Crippen molar-refractivity contribution in [1.82, 2.24) is 4.90 Å². The normalized spacial score (nSPS) is 11.6. The summed E-state index contributed by atoms with van der Waals surface area (Å²) in [4.78, 5) is 13.7. The van der Waals surface area contributed by atoms with E-state index in [-0.39, 0.29) is 12.5 Å². The lowest BCUT2D eigenvalue weighted by Gasteiger charge is -2.20. The lowest BCUT2D eigenvalue weighted by Crippen LogP contribution is -2.31. The summed E-state index contributed by atoms with van der Waals surface area (Å²) in [5, 5.41) is 8.82. The second-order valence-corrected chi connectivity index (χ2v) is 4.77. The SMILES string of the molecule is CC(CN)CCC(=O)N(CC#N)Cc1ccccc1. The lowest BCUT2D eigenvalue weighted by atomic mass is 10.1. The van der Waals surface area contributed by atoms with E-state index in [2.05, 4.69) is 6.07 Å². The van der Waals surface area contributed by atoms with Gasteiger partial charge < -0.3 is 10.6 Å². The van der Waals surface area contributed by atoms with Gasteiger partial charge in [0.15, 0.2) is 0 Å². The van der Waals surface area contributed by atoms with Gasteiger partial charge in [0.1, 0.15) is 6.54 Å². The van der Waals surface area contributed by atoms with Crippen LogP contribution in [0, 0.1) is 17.2 Å². The first kappa shape index (κ1) is 15.2. The molecule has 4 heteroatoms. The van der Waals surface area contributed by atoms with E-state index in [0.29, 0.717) is 25.4 Å². The van der Waals surface area contributed by atoms with Crippen molar-refractivity contribution in [2.75, 3.05) is 13.1 Å². The quantitative estimate of drug-likeness (QED) is 0.760. The van der Waals surface area contributed by atoms with Crippen molar-refractivity contribution >= 4 is 5.91 Å². The van der Waals surface area contributed by atoms with E-state index in [1.165, 1.54) is 0 Å². The number of carbonyl (C=O) groups is 1. The Labute approximate surface area is 114 Å². The fourth-order valence-corrected chi connectivity index (χ4v) is 1.77. The molecular formula is C15H21N3O. The molecule has 1 atom stereocenters. The second kappa shape index (κ2) is 8.28. The number of nitriles is 1. The highest BCUT2D eigenvalue weighted by atomic mass is 16.2. The molecule has 1 aromatic rings. The van der Waals surface area contributed by atoms with Crippen LogP contribution < -0.4 is 5.73 Å². The van der Waals surface area contributed by atoms with E-state index >= 15 is 0 Å². The minimum absolute atomic E-state index is 0.0192. The summed E-state index contributed by atoms with van der Waals surface area (Å²) in [7, 11) is 0. The van der Waals surface area contributed by atoms with Gasteiger partial charge in [-0.15, -0.1) is 0 Å². The maximum atomic E-state index is 12.1. The zero-order valence-electron chi connectivity index (χ0n) is 11.4. The molecule has 0 spiro atoms. The number of hydrogen-bond donors (Lipinski definition) is 1. The predicted octanol–water partition coefficient (Wildman–Crippen LogP) is 1.91. The average molecular weight is 259 g/mol. The van der Waals surface area contributed by atoms with Crippen LogP contribution in [0.2, 0.25) is 0 Å². The average Bonchev–Trinajstić information content (AvgIpc) is 2.45. The first-order valence-electron chi connectivity index (χ1n) is 6.56. The maximum absolute atomic E-state index is 12.1. The van der Waals surface area contributed by atoms with Crippen molar-refractivity contribution in [2.24, 2.45) is 11.7 Å². The van der Waals surface area contributed by atoms with Crippen LogP contribution >= 0.6 is 0 Å². The summed E-state index contributed by atoms with van der Waals surface area (Å²) in [5.41, 5.74) is 6.58. The van der Waals surface area contributed by atoms with Crippen LogP contribution in [0.4, 0.5) is 0 Å². The van der Waals surface area contributed by atoms with Crippen LogP contribution in [0.3, 0.4) is 0 Å². The minimum atomic E-state index is 0.0192. The van der Waals surface area contributed by atoms with Gasteiger partial charge in [-0.25, -0.2) is 0 Å². The maximum Gasteiger partial charge on any atom is 0.223 e. The van der Waals surface area contributed by atoms with E-state index in [4.69, 9.17) is 11.0 Å². The largest absolute Gasteiger partial charge is 0.330 e. The Balaban J connectivity index is 2.57. The fraction of sp³-hybridized carbons (Fsp3) is 0.467. The first-order valence-corrected chi connectivity index (χ1v) is 6.56. The smallest absolute Gasteiger partial charge is 0.223 e. The number of carbonyl (C=O) groups excluding carboxylic acids is 1.